The van der Waals surface area contributed by atoms with Crippen molar-refractivity contribution in [1.29, 1.82) is 0 Å². The fraction of sp³-hybridized carbons (Fsp3) is 0.400. The molecular weight excluding hydrogens is 208 g/mol. The Hall–Kier alpha value is -1.41. The SMILES string of the molecule is CC1CNCCC1c1ccc2cccnc2c1. The quantitative estimate of drug-likeness (QED) is 0.808. The van der Waals surface area contributed by atoms with E-state index in [-0.39, 0.29) is 0 Å². The summed E-state index contributed by atoms with van der Waals surface area (Å²) in [6, 6.07) is 10.9. The highest BCUT2D eigenvalue weighted by molar-refractivity contribution is 5.79. The van der Waals surface area contributed by atoms with E-state index in [2.05, 4.69) is 41.5 Å². The summed E-state index contributed by atoms with van der Waals surface area (Å²) in [5.74, 6) is 1.40. The lowest BCUT2D eigenvalue weighted by molar-refractivity contribution is 0.350. The Morgan fingerprint density at radius 1 is 1.29 bits per heavy atom. The van der Waals surface area contributed by atoms with E-state index < -0.39 is 0 Å². The third-order valence-electron chi connectivity index (χ3n) is 3.84. The second-order valence-corrected chi connectivity index (χ2v) is 5.03. The molecule has 1 aliphatic rings. The Balaban J connectivity index is 1.99. The number of rotatable bonds is 1. The van der Waals surface area contributed by atoms with Crippen molar-refractivity contribution in [2.75, 3.05) is 13.1 Å². The van der Waals surface area contributed by atoms with E-state index in [4.69, 9.17) is 0 Å². The van der Waals surface area contributed by atoms with Gasteiger partial charge in [0.2, 0.25) is 0 Å². The molecule has 0 spiro atoms. The smallest absolute Gasteiger partial charge is 0.0704 e. The molecule has 1 fully saturated rings. The second-order valence-electron chi connectivity index (χ2n) is 5.03. The number of nitrogens with zero attached hydrogens (tertiary/aromatic N) is 1. The molecule has 1 aromatic carbocycles. The van der Waals surface area contributed by atoms with Gasteiger partial charge in [0.15, 0.2) is 0 Å². The number of piperidine rings is 1. The first-order valence-electron chi connectivity index (χ1n) is 6.40. The number of nitrogens with one attached hydrogen (secondary N) is 1. The van der Waals surface area contributed by atoms with Crippen LogP contribution < -0.4 is 5.32 Å². The average molecular weight is 226 g/mol. The number of hydrogen-bond acceptors (Lipinski definition) is 2. The summed E-state index contributed by atoms with van der Waals surface area (Å²) in [5.41, 5.74) is 2.57. The topological polar surface area (TPSA) is 24.9 Å². The Kier molecular flexibility index (Phi) is 2.81. The second kappa shape index (κ2) is 4.46. The van der Waals surface area contributed by atoms with E-state index in [0.29, 0.717) is 11.8 Å². The van der Waals surface area contributed by atoms with Gasteiger partial charge < -0.3 is 5.32 Å². The van der Waals surface area contributed by atoms with Gasteiger partial charge in [0, 0.05) is 11.6 Å². The Morgan fingerprint density at radius 3 is 3.12 bits per heavy atom. The maximum atomic E-state index is 4.45. The van der Waals surface area contributed by atoms with Gasteiger partial charge in [-0.2, -0.15) is 0 Å². The van der Waals surface area contributed by atoms with Crippen LogP contribution in [0.1, 0.15) is 24.8 Å². The number of benzene rings is 1. The zero-order valence-electron chi connectivity index (χ0n) is 10.2. The molecule has 2 heterocycles. The van der Waals surface area contributed by atoms with Crippen LogP contribution in [0.2, 0.25) is 0 Å². The first kappa shape index (κ1) is 10.7. The average Bonchev–Trinajstić information content (AvgIpc) is 2.39. The van der Waals surface area contributed by atoms with Crippen molar-refractivity contribution in [3.63, 3.8) is 0 Å². The molecule has 17 heavy (non-hydrogen) atoms. The van der Waals surface area contributed by atoms with Crippen molar-refractivity contribution in [1.82, 2.24) is 10.3 Å². The normalized spacial score (nSPS) is 25.0. The molecule has 0 bridgehead atoms. The lowest BCUT2D eigenvalue weighted by atomic mass is 9.82. The molecule has 1 aliphatic heterocycles. The molecule has 0 saturated carbocycles. The molecule has 0 aliphatic carbocycles. The van der Waals surface area contributed by atoms with Gasteiger partial charge in [-0.25, -0.2) is 0 Å². The first-order chi connectivity index (χ1) is 8.34. The number of fused-ring (bicyclic) bond motifs is 1. The largest absolute Gasteiger partial charge is 0.316 e. The van der Waals surface area contributed by atoms with Gasteiger partial charge in [-0.3, -0.25) is 4.98 Å². The maximum absolute atomic E-state index is 4.45. The minimum absolute atomic E-state index is 0.683. The van der Waals surface area contributed by atoms with Gasteiger partial charge in [0.25, 0.3) is 0 Å². The fourth-order valence-electron chi connectivity index (χ4n) is 2.82. The van der Waals surface area contributed by atoms with Crippen molar-refractivity contribution in [3.8, 4) is 0 Å². The molecule has 1 aromatic heterocycles. The highest BCUT2D eigenvalue weighted by Crippen LogP contribution is 2.31. The standard InChI is InChI=1S/C15H18N2/c1-11-10-16-8-6-14(11)13-5-4-12-3-2-7-17-15(12)9-13/h2-5,7,9,11,14,16H,6,8,10H2,1H3. The first-order valence-corrected chi connectivity index (χ1v) is 6.40. The molecule has 0 amide bonds. The van der Waals surface area contributed by atoms with E-state index in [1.807, 2.05) is 12.3 Å². The highest BCUT2D eigenvalue weighted by Gasteiger charge is 2.22. The van der Waals surface area contributed by atoms with Gasteiger partial charge in [0.05, 0.1) is 5.52 Å². The fourth-order valence-corrected chi connectivity index (χ4v) is 2.82. The van der Waals surface area contributed by atoms with Crippen molar-refractivity contribution in [3.05, 3.63) is 42.1 Å². The molecule has 2 unspecified atom stereocenters. The van der Waals surface area contributed by atoms with Crippen LogP contribution in [0.4, 0.5) is 0 Å². The van der Waals surface area contributed by atoms with Crippen LogP contribution in [-0.4, -0.2) is 18.1 Å². The third kappa shape index (κ3) is 2.05. The summed E-state index contributed by atoms with van der Waals surface area (Å²) in [6.45, 7) is 4.60. The molecule has 1 saturated heterocycles. The molecule has 1 N–H and O–H groups in total. The van der Waals surface area contributed by atoms with Crippen molar-refractivity contribution in [2.45, 2.75) is 19.3 Å². The Morgan fingerprint density at radius 2 is 2.24 bits per heavy atom. The molecule has 2 heteroatoms. The number of pyridine rings is 1. The summed E-state index contributed by atoms with van der Waals surface area (Å²) in [6.07, 6.45) is 3.11. The lowest BCUT2D eigenvalue weighted by Crippen LogP contribution is -2.33. The van der Waals surface area contributed by atoms with Gasteiger partial charge in [-0.1, -0.05) is 25.1 Å². The minimum atomic E-state index is 0.683. The summed E-state index contributed by atoms with van der Waals surface area (Å²) in [4.78, 5) is 4.45. The summed E-state index contributed by atoms with van der Waals surface area (Å²) >= 11 is 0. The molecule has 0 radical (unpaired) electrons. The van der Waals surface area contributed by atoms with Crippen LogP contribution in [0.5, 0.6) is 0 Å². The minimum Gasteiger partial charge on any atom is -0.316 e. The molecular formula is C15H18N2. The molecule has 2 nitrogen and oxygen atoms in total. The van der Waals surface area contributed by atoms with E-state index in [1.54, 1.807) is 0 Å². The summed E-state index contributed by atoms with van der Waals surface area (Å²) < 4.78 is 0. The van der Waals surface area contributed by atoms with Gasteiger partial charge in [0.1, 0.15) is 0 Å². The van der Waals surface area contributed by atoms with Crippen molar-refractivity contribution in [2.24, 2.45) is 5.92 Å². The summed E-state index contributed by atoms with van der Waals surface area (Å²) in [7, 11) is 0. The molecule has 2 atom stereocenters. The third-order valence-corrected chi connectivity index (χ3v) is 3.84. The maximum Gasteiger partial charge on any atom is 0.0704 e. The molecule has 88 valence electrons. The van der Waals surface area contributed by atoms with E-state index in [0.717, 1.165) is 18.6 Å². The predicted molar refractivity (Wildman–Crippen MR) is 71.1 cm³/mol. The van der Waals surface area contributed by atoms with Crippen molar-refractivity contribution >= 4 is 10.9 Å². The highest BCUT2D eigenvalue weighted by atomic mass is 14.9. The monoisotopic (exact) mass is 226 g/mol. The van der Waals surface area contributed by atoms with E-state index in [9.17, 15) is 0 Å². The van der Waals surface area contributed by atoms with Crippen LogP contribution in [0.15, 0.2) is 36.5 Å². The van der Waals surface area contributed by atoms with Crippen LogP contribution in [0.25, 0.3) is 10.9 Å². The Labute approximate surface area is 102 Å². The van der Waals surface area contributed by atoms with Gasteiger partial charge in [-0.05, 0) is 49.0 Å². The van der Waals surface area contributed by atoms with Gasteiger partial charge in [-0.15, -0.1) is 0 Å². The summed E-state index contributed by atoms with van der Waals surface area (Å²) in [5, 5.41) is 4.69. The Bertz CT molecular complexity index is 521. The number of aromatic nitrogens is 1. The van der Waals surface area contributed by atoms with Crippen LogP contribution in [0.3, 0.4) is 0 Å². The van der Waals surface area contributed by atoms with Crippen LogP contribution >= 0.6 is 0 Å². The van der Waals surface area contributed by atoms with Crippen LogP contribution in [-0.2, 0) is 0 Å². The van der Waals surface area contributed by atoms with Crippen molar-refractivity contribution < 1.29 is 0 Å². The van der Waals surface area contributed by atoms with Gasteiger partial charge >= 0.3 is 0 Å². The zero-order chi connectivity index (χ0) is 11.7. The number of hydrogen-bond donors (Lipinski definition) is 1. The lowest BCUT2D eigenvalue weighted by Gasteiger charge is -2.30. The van der Waals surface area contributed by atoms with E-state index in [1.165, 1.54) is 17.4 Å². The zero-order valence-corrected chi connectivity index (χ0v) is 10.2. The van der Waals surface area contributed by atoms with Crippen LogP contribution in [0, 0.1) is 5.92 Å². The van der Waals surface area contributed by atoms with E-state index >= 15 is 0 Å². The molecule has 2 aromatic rings. The molecule has 3 rings (SSSR count). The predicted octanol–water partition coefficient (Wildman–Crippen LogP) is 2.95.